The first-order valence-corrected chi connectivity index (χ1v) is 6.02. The number of ether oxygens (including phenoxy) is 1. The van der Waals surface area contributed by atoms with Gasteiger partial charge < -0.3 is 4.74 Å². The van der Waals surface area contributed by atoms with Crippen molar-refractivity contribution in [3.8, 4) is 5.75 Å². The molecule has 16 heavy (non-hydrogen) atoms. The Kier molecular flexibility index (Phi) is 4.92. The highest BCUT2D eigenvalue weighted by Crippen LogP contribution is 2.27. The summed E-state index contributed by atoms with van der Waals surface area (Å²) in [6.45, 7) is 0. The molecule has 0 radical (unpaired) electrons. The second-order valence-electron chi connectivity index (χ2n) is 3.14. The van der Waals surface area contributed by atoms with E-state index in [1.165, 1.54) is 6.07 Å². The van der Waals surface area contributed by atoms with Crippen LogP contribution in [-0.2, 0) is 6.42 Å². The Hall–Kier alpha value is -0.420. The fraction of sp³-hybridized carbons (Fsp3) is 0.400. The van der Waals surface area contributed by atoms with Crippen LogP contribution in [0.15, 0.2) is 18.2 Å². The zero-order valence-electron chi connectivity index (χ0n) is 8.15. The highest BCUT2D eigenvalue weighted by Gasteiger charge is 2.31. The number of hydrogen-bond acceptors (Lipinski definition) is 1. The second kappa shape index (κ2) is 5.77. The van der Waals surface area contributed by atoms with Crippen molar-refractivity contribution in [1.82, 2.24) is 0 Å². The molecule has 0 heterocycles. The monoisotopic (exact) mass is 316 g/mol. The quantitative estimate of drug-likeness (QED) is 0.739. The van der Waals surface area contributed by atoms with Crippen LogP contribution in [0, 0.1) is 0 Å². The van der Waals surface area contributed by atoms with Gasteiger partial charge in [-0.3, -0.25) is 0 Å². The lowest BCUT2D eigenvalue weighted by atomic mass is 10.1. The highest BCUT2D eigenvalue weighted by atomic mass is 79.9. The Bertz CT molecular complexity index is 354. The lowest BCUT2D eigenvalue weighted by Crippen LogP contribution is -2.17. The molecule has 0 aliphatic heterocycles. The average molecular weight is 318 g/mol. The lowest BCUT2D eigenvalue weighted by Gasteiger charge is -2.10. The predicted octanol–water partition coefficient (Wildman–Crippen LogP) is 4.57. The number of halogens is 5. The third kappa shape index (κ3) is 5.07. The Balaban J connectivity index is 2.81. The van der Waals surface area contributed by atoms with Crippen LogP contribution in [0.25, 0.3) is 0 Å². The summed E-state index contributed by atoms with van der Waals surface area (Å²) in [5, 5.41) is 1.03. The predicted molar refractivity (Wildman–Crippen MR) is 60.3 cm³/mol. The molecule has 0 saturated heterocycles. The van der Waals surface area contributed by atoms with Crippen molar-refractivity contribution >= 4 is 27.5 Å². The maximum atomic E-state index is 12.0. The van der Waals surface area contributed by atoms with E-state index in [-0.39, 0.29) is 10.8 Å². The third-order valence-electron chi connectivity index (χ3n) is 1.76. The maximum Gasteiger partial charge on any atom is 0.573 e. The van der Waals surface area contributed by atoms with Crippen molar-refractivity contribution in [1.29, 1.82) is 0 Å². The topological polar surface area (TPSA) is 9.23 Å². The van der Waals surface area contributed by atoms with Crippen LogP contribution >= 0.6 is 27.5 Å². The molecular weight excluding hydrogens is 308 g/mol. The number of hydrogen-bond donors (Lipinski definition) is 0. The zero-order valence-corrected chi connectivity index (χ0v) is 10.5. The Morgan fingerprint density at radius 3 is 2.50 bits per heavy atom. The standard InChI is InChI=1S/C10H9BrClF3O/c11-3-1-2-7-4-8(12)6-9(5-7)16-10(13,14)15/h4-6H,1-3H2. The van der Waals surface area contributed by atoms with Gasteiger partial charge in [-0.2, -0.15) is 0 Å². The minimum absolute atomic E-state index is 0.242. The molecule has 0 spiro atoms. The summed E-state index contributed by atoms with van der Waals surface area (Å²) >= 11 is 8.95. The molecule has 0 fully saturated rings. The van der Waals surface area contributed by atoms with E-state index < -0.39 is 6.36 Å². The van der Waals surface area contributed by atoms with Crippen LogP contribution in [0.2, 0.25) is 5.02 Å². The number of alkyl halides is 4. The van der Waals surface area contributed by atoms with Crippen LogP contribution < -0.4 is 4.74 Å². The Labute approximate surface area is 105 Å². The van der Waals surface area contributed by atoms with Gasteiger partial charge in [0.05, 0.1) is 0 Å². The van der Waals surface area contributed by atoms with E-state index in [1.807, 2.05) is 0 Å². The molecule has 0 amide bonds. The summed E-state index contributed by atoms with van der Waals surface area (Å²) in [6, 6.07) is 4.13. The molecule has 6 heteroatoms. The third-order valence-corrected chi connectivity index (χ3v) is 2.54. The molecule has 0 aliphatic rings. The summed E-state index contributed by atoms with van der Waals surface area (Å²) in [7, 11) is 0. The smallest absolute Gasteiger partial charge is 0.406 e. The van der Waals surface area contributed by atoms with Crippen LogP contribution in [0.1, 0.15) is 12.0 Å². The second-order valence-corrected chi connectivity index (χ2v) is 4.36. The van der Waals surface area contributed by atoms with Crippen LogP contribution in [-0.4, -0.2) is 11.7 Å². The van der Waals surface area contributed by atoms with Gasteiger partial charge in [-0.1, -0.05) is 27.5 Å². The van der Waals surface area contributed by atoms with E-state index in [0.29, 0.717) is 6.42 Å². The highest BCUT2D eigenvalue weighted by molar-refractivity contribution is 9.09. The lowest BCUT2D eigenvalue weighted by molar-refractivity contribution is -0.274. The van der Waals surface area contributed by atoms with Gasteiger partial charge in [0.1, 0.15) is 5.75 Å². The molecule has 0 bridgehead atoms. The van der Waals surface area contributed by atoms with Crippen molar-refractivity contribution in [2.45, 2.75) is 19.2 Å². The first-order chi connectivity index (χ1) is 7.40. The molecule has 0 aromatic heterocycles. The normalized spacial score (nSPS) is 11.6. The van der Waals surface area contributed by atoms with E-state index in [2.05, 4.69) is 20.7 Å². The summed E-state index contributed by atoms with van der Waals surface area (Å²) in [5.41, 5.74) is 0.728. The van der Waals surface area contributed by atoms with Crippen molar-refractivity contribution < 1.29 is 17.9 Å². The van der Waals surface area contributed by atoms with Crippen molar-refractivity contribution in [3.63, 3.8) is 0 Å². The molecule has 0 N–H and O–H groups in total. The summed E-state index contributed by atoms with van der Waals surface area (Å²) in [5.74, 6) is -0.274. The van der Waals surface area contributed by atoms with E-state index in [9.17, 15) is 13.2 Å². The Morgan fingerprint density at radius 1 is 1.25 bits per heavy atom. The van der Waals surface area contributed by atoms with Gasteiger partial charge >= 0.3 is 6.36 Å². The summed E-state index contributed by atoms with van der Waals surface area (Å²) < 4.78 is 39.8. The molecular formula is C10H9BrClF3O. The van der Waals surface area contributed by atoms with E-state index in [4.69, 9.17) is 11.6 Å². The number of rotatable bonds is 4. The van der Waals surface area contributed by atoms with E-state index in [1.54, 1.807) is 6.07 Å². The van der Waals surface area contributed by atoms with Gasteiger partial charge in [-0.15, -0.1) is 13.2 Å². The summed E-state index contributed by atoms with van der Waals surface area (Å²) in [4.78, 5) is 0. The van der Waals surface area contributed by atoms with Crippen molar-refractivity contribution in [3.05, 3.63) is 28.8 Å². The largest absolute Gasteiger partial charge is 0.573 e. The van der Waals surface area contributed by atoms with Crippen LogP contribution in [0.4, 0.5) is 13.2 Å². The number of benzene rings is 1. The Morgan fingerprint density at radius 2 is 1.94 bits per heavy atom. The van der Waals surface area contributed by atoms with E-state index in [0.717, 1.165) is 23.4 Å². The fourth-order valence-electron chi connectivity index (χ4n) is 1.23. The van der Waals surface area contributed by atoms with Gasteiger partial charge in [-0.05, 0) is 36.6 Å². The minimum Gasteiger partial charge on any atom is -0.406 e. The van der Waals surface area contributed by atoms with Crippen molar-refractivity contribution in [2.75, 3.05) is 5.33 Å². The first kappa shape index (κ1) is 13.6. The van der Waals surface area contributed by atoms with Crippen LogP contribution in [0.5, 0.6) is 5.75 Å². The molecule has 1 nitrogen and oxygen atoms in total. The summed E-state index contributed by atoms with van der Waals surface area (Å²) in [6.07, 6.45) is -3.21. The first-order valence-electron chi connectivity index (χ1n) is 4.52. The van der Waals surface area contributed by atoms with Crippen molar-refractivity contribution in [2.24, 2.45) is 0 Å². The molecule has 0 unspecified atom stereocenters. The fourth-order valence-corrected chi connectivity index (χ4v) is 1.76. The molecule has 0 aliphatic carbocycles. The minimum atomic E-state index is -4.68. The van der Waals surface area contributed by atoms with Gasteiger partial charge in [0.15, 0.2) is 0 Å². The molecule has 1 aromatic rings. The molecule has 0 atom stereocenters. The SMILES string of the molecule is FC(F)(F)Oc1cc(Cl)cc(CCCBr)c1. The van der Waals surface area contributed by atoms with Gasteiger partial charge in [0.25, 0.3) is 0 Å². The van der Waals surface area contributed by atoms with E-state index >= 15 is 0 Å². The average Bonchev–Trinajstić information content (AvgIpc) is 2.10. The van der Waals surface area contributed by atoms with Gasteiger partial charge in [-0.25, -0.2) is 0 Å². The molecule has 1 aromatic carbocycles. The van der Waals surface area contributed by atoms with Gasteiger partial charge in [0, 0.05) is 10.4 Å². The molecule has 90 valence electrons. The van der Waals surface area contributed by atoms with Gasteiger partial charge in [0.2, 0.25) is 0 Å². The zero-order chi connectivity index (χ0) is 12.2. The van der Waals surface area contributed by atoms with Crippen LogP contribution in [0.3, 0.4) is 0 Å². The number of aryl methyl sites for hydroxylation is 1. The maximum absolute atomic E-state index is 12.0. The molecule has 1 rings (SSSR count). The molecule has 0 saturated carbocycles.